The quantitative estimate of drug-likeness (QED) is 0.877. The third-order valence-electron chi connectivity index (χ3n) is 2.97. The van der Waals surface area contributed by atoms with Gasteiger partial charge in [0.05, 0.1) is 0 Å². The first-order chi connectivity index (χ1) is 9.52. The van der Waals surface area contributed by atoms with E-state index in [-0.39, 0.29) is 6.04 Å². The van der Waals surface area contributed by atoms with E-state index in [1.807, 2.05) is 18.2 Å². The van der Waals surface area contributed by atoms with Gasteiger partial charge < -0.3 is 10.3 Å². The standard InChI is InChI=1S/C15H20BrN3O/c1-10(2)6-13(17)9-15-18-14(19-20-15)8-11-4-3-5-12(16)7-11/h3-5,7,10,13H,6,8-9,17H2,1-2H3. The molecule has 108 valence electrons. The molecule has 0 aliphatic carbocycles. The van der Waals surface area contributed by atoms with Crippen molar-refractivity contribution in [1.29, 1.82) is 0 Å². The molecule has 4 nitrogen and oxygen atoms in total. The van der Waals surface area contributed by atoms with Gasteiger partial charge in [-0.2, -0.15) is 4.98 Å². The third kappa shape index (κ3) is 4.72. The zero-order valence-corrected chi connectivity index (χ0v) is 13.4. The van der Waals surface area contributed by atoms with Crippen LogP contribution in [-0.4, -0.2) is 16.2 Å². The molecule has 0 radical (unpaired) electrons. The summed E-state index contributed by atoms with van der Waals surface area (Å²) in [6.45, 7) is 4.32. The minimum absolute atomic E-state index is 0.0779. The van der Waals surface area contributed by atoms with Gasteiger partial charge in [-0.25, -0.2) is 0 Å². The molecular formula is C15H20BrN3O. The first-order valence-corrected chi connectivity index (χ1v) is 7.63. The lowest BCUT2D eigenvalue weighted by atomic mass is 10.0. The van der Waals surface area contributed by atoms with Crippen LogP contribution >= 0.6 is 15.9 Å². The maximum atomic E-state index is 6.05. The average Bonchev–Trinajstić information content (AvgIpc) is 2.75. The number of hydrogen-bond donors (Lipinski definition) is 1. The first-order valence-electron chi connectivity index (χ1n) is 6.84. The van der Waals surface area contributed by atoms with Gasteiger partial charge in [0.15, 0.2) is 5.82 Å². The number of rotatable bonds is 6. The second-order valence-corrected chi connectivity index (χ2v) is 6.42. The molecule has 1 atom stereocenters. The SMILES string of the molecule is CC(C)CC(N)Cc1nc(Cc2cccc(Br)c2)no1. The van der Waals surface area contributed by atoms with E-state index in [4.69, 9.17) is 10.3 Å². The van der Waals surface area contributed by atoms with Crippen molar-refractivity contribution in [1.82, 2.24) is 10.1 Å². The Kier molecular flexibility index (Phi) is 5.31. The van der Waals surface area contributed by atoms with Crippen LogP contribution in [0, 0.1) is 5.92 Å². The molecule has 20 heavy (non-hydrogen) atoms. The van der Waals surface area contributed by atoms with Gasteiger partial charge in [0, 0.05) is 23.4 Å². The lowest BCUT2D eigenvalue weighted by Crippen LogP contribution is -2.24. The molecule has 1 aromatic heterocycles. The van der Waals surface area contributed by atoms with Gasteiger partial charge in [-0.1, -0.05) is 47.1 Å². The topological polar surface area (TPSA) is 64.9 Å². The molecule has 2 aromatic rings. The molecule has 0 aliphatic rings. The van der Waals surface area contributed by atoms with Gasteiger partial charge in [-0.15, -0.1) is 0 Å². The van der Waals surface area contributed by atoms with Crippen molar-refractivity contribution in [3.05, 3.63) is 46.0 Å². The van der Waals surface area contributed by atoms with Crippen LogP contribution in [0.4, 0.5) is 0 Å². The highest BCUT2D eigenvalue weighted by molar-refractivity contribution is 9.10. The largest absolute Gasteiger partial charge is 0.339 e. The summed E-state index contributed by atoms with van der Waals surface area (Å²) >= 11 is 3.46. The average molecular weight is 338 g/mol. The Morgan fingerprint density at radius 3 is 2.85 bits per heavy atom. The van der Waals surface area contributed by atoms with E-state index >= 15 is 0 Å². The fraction of sp³-hybridized carbons (Fsp3) is 0.467. The Morgan fingerprint density at radius 1 is 1.35 bits per heavy atom. The summed E-state index contributed by atoms with van der Waals surface area (Å²) in [5.41, 5.74) is 7.21. The normalized spacial score (nSPS) is 12.8. The number of aromatic nitrogens is 2. The predicted octanol–water partition coefficient (Wildman–Crippen LogP) is 3.34. The zero-order chi connectivity index (χ0) is 14.5. The van der Waals surface area contributed by atoms with E-state index in [2.05, 4.69) is 46.0 Å². The van der Waals surface area contributed by atoms with Crippen molar-refractivity contribution in [3.8, 4) is 0 Å². The van der Waals surface area contributed by atoms with Crippen LogP contribution in [-0.2, 0) is 12.8 Å². The van der Waals surface area contributed by atoms with E-state index < -0.39 is 0 Å². The minimum atomic E-state index is 0.0779. The molecule has 1 unspecified atom stereocenters. The van der Waals surface area contributed by atoms with E-state index in [0.29, 0.717) is 30.5 Å². The molecule has 0 fully saturated rings. The third-order valence-corrected chi connectivity index (χ3v) is 3.47. The van der Waals surface area contributed by atoms with Crippen LogP contribution in [0.15, 0.2) is 33.3 Å². The predicted molar refractivity (Wildman–Crippen MR) is 82.4 cm³/mol. The molecule has 1 aromatic carbocycles. The molecule has 0 saturated heterocycles. The van der Waals surface area contributed by atoms with Crippen molar-refractivity contribution in [2.45, 2.75) is 39.2 Å². The summed E-state index contributed by atoms with van der Waals surface area (Å²) in [6.07, 6.45) is 2.27. The Balaban J connectivity index is 1.95. The van der Waals surface area contributed by atoms with Crippen LogP contribution < -0.4 is 5.73 Å². The number of nitrogens with zero attached hydrogens (tertiary/aromatic N) is 2. The molecule has 0 spiro atoms. The van der Waals surface area contributed by atoms with Crippen LogP contribution in [0.5, 0.6) is 0 Å². The lowest BCUT2D eigenvalue weighted by Gasteiger charge is -2.10. The first kappa shape index (κ1) is 15.2. The number of hydrogen-bond acceptors (Lipinski definition) is 4. The number of halogens is 1. The highest BCUT2D eigenvalue weighted by Gasteiger charge is 2.12. The van der Waals surface area contributed by atoms with Crippen LogP contribution in [0.2, 0.25) is 0 Å². The van der Waals surface area contributed by atoms with Crippen LogP contribution in [0.25, 0.3) is 0 Å². The molecule has 1 heterocycles. The van der Waals surface area contributed by atoms with Crippen LogP contribution in [0.3, 0.4) is 0 Å². The second kappa shape index (κ2) is 6.99. The monoisotopic (exact) mass is 337 g/mol. The molecular weight excluding hydrogens is 318 g/mol. The summed E-state index contributed by atoms with van der Waals surface area (Å²) < 4.78 is 6.32. The highest BCUT2D eigenvalue weighted by atomic mass is 79.9. The summed E-state index contributed by atoms with van der Waals surface area (Å²) in [4.78, 5) is 4.41. The van der Waals surface area contributed by atoms with E-state index in [1.54, 1.807) is 0 Å². The van der Waals surface area contributed by atoms with Crippen molar-refractivity contribution < 1.29 is 4.52 Å². The fourth-order valence-electron chi connectivity index (χ4n) is 2.19. The highest BCUT2D eigenvalue weighted by Crippen LogP contribution is 2.15. The Hall–Kier alpha value is -1.20. The number of nitrogens with two attached hydrogens (primary N) is 1. The zero-order valence-electron chi connectivity index (χ0n) is 11.8. The van der Waals surface area contributed by atoms with E-state index in [1.165, 1.54) is 0 Å². The maximum Gasteiger partial charge on any atom is 0.228 e. The second-order valence-electron chi connectivity index (χ2n) is 5.50. The summed E-state index contributed by atoms with van der Waals surface area (Å²) in [6, 6.07) is 8.18. The van der Waals surface area contributed by atoms with Gasteiger partial charge in [0.25, 0.3) is 0 Å². The summed E-state index contributed by atoms with van der Waals surface area (Å²) in [5.74, 6) is 1.91. The summed E-state index contributed by atoms with van der Waals surface area (Å²) in [5, 5.41) is 4.02. The van der Waals surface area contributed by atoms with Gasteiger partial charge in [-0.3, -0.25) is 0 Å². The fourth-order valence-corrected chi connectivity index (χ4v) is 2.63. The van der Waals surface area contributed by atoms with E-state index in [0.717, 1.165) is 16.5 Å². The molecule has 2 N–H and O–H groups in total. The molecule has 5 heteroatoms. The lowest BCUT2D eigenvalue weighted by molar-refractivity contribution is 0.355. The Morgan fingerprint density at radius 2 is 2.15 bits per heavy atom. The number of benzene rings is 1. The summed E-state index contributed by atoms with van der Waals surface area (Å²) in [7, 11) is 0. The Bertz CT molecular complexity index is 554. The minimum Gasteiger partial charge on any atom is -0.339 e. The van der Waals surface area contributed by atoms with E-state index in [9.17, 15) is 0 Å². The molecule has 0 bridgehead atoms. The van der Waals surface area contributed by atoms with Crippen LogP contribution in [0.1, 0.15) is 37.5 Å². The smallest absolute Gasteiger partial charge is 0.228 e. The molecule has 0 aliphatic heterocycles. The van der Waals surface area contributed by atoms with Crippen molar-refractivity contribution in [2.75, 3.05) is 0 Å². The van der Waals surface area contributed by atoms with Gasteiger partial charge in [-0.05, 0) is 30.0 Å². The van der Waals surface area contributed by atoms with Crippen molar-refractivity contribution in [2.24, 2.45) is 11.7 Å². The molecule has 0 amide bonds. The Labute approximate surface area is 127 Å². The molecule has 0 saturated carbocycles. The van der Waals surface area contributed by atoms with Gasteiger partial charge in [0.2, 0.25) is 5.89 Å². The molecule has 2 rings (SSSR count). The van der Waals surface area contributed by atoms with Crippen molar-refractivity contribution in [3.63, 3.8) is 0 Å². The van der Waals surface area contributed by atoms with Crippen molar-refractivity contribution >= 4 is 15.9 Å². The maximum absolute atomic E-state index is 6.05. The van der Waals surface area contributed by atoms with Gasteiger partial charge >= 0.3 is 0 Å². The van der Waals surface area contributed by atoms with Gasteiger partial charge in [0.1, 0.15) is 0 Å².